The summed E-state index contributed by atoms with van der Waals surface area (Å²) in [6, 6.07) is 3.46. The molecule has 108 valence electrons. The van der Waals surface area contributed by atoms with Crippen molar-refractivity contribution in [2.75, 3.05) is 4.72 Å². The van der Waals surface area contributed by atoms with E-state index in [9.17, 15) is 8.42 Å². The van der Waals surface area contributed by atoms with Crippen LogP contribution in [0.15, 0.2) is 29.4 Å². The summed E-state index contributed by atoms with van der Waals surface area (Å²) in [5.41, 5.74) is 8.58. The molecule has 1 aromatic heterocycles. The Bertz CT molecular complexity index is 735. The molecule has 0 fully saturated rings. The van der Waals surface area contributed by atoms with E-state index in [1.54, 1.807) is 26.2 Å². The Morgan fingerprint density at radius 2 is 2.00 bits per heavy atom. The van der Waals surface area contributed by atoms with E-state index in [-0.39, 0.29) is 4.90 Å². The SMILES string of the molecule is Cc1cc(C)c(S(=O)(=O)Nc2cnn(C)c2)cc1CN. The minimum Gasteiger partial charge on any atom is -0.326 e. The second kappa shape index (κ2) is 5.26. The van der Waals surface area contributed by atoms with Crippen LogP contribution < -0.4 is 10.5 Å². The van der Waals surface area contributed by atoms with Gasteiger partial charge in [0, 0.05) is 19.8 Å². The predicted octanol–water partition coefficient (Wildman–Crippen LogP) is 1.30. The maximum Gasteiger partial charge on any atom is 0.262 e. The zero-order valence-electron chi connectivity index (χ0n) is 11.7. The van der Waals surface area contributed by atoms with Crippen LogP contribution in [-0.4, -0.2) is 18.2 Å². The molecule has 0 aliphatic carbocycles. The van der Waals surface area contributed by atoms with E-state index < -0.39 is 10.0 Å². The number of nitrogens with zero attached hydrogens (tertiary/aromatic N) is 2. The molecule has 0 saturated heterocycles. The van der Waals surface area contributed by atoms with Crippen LogP contribution in [0.2, 0.25) is 0 Å². The molecule has 2 aromatic rings. The summed E-state index contributed by atoms with van der Waals surface area (Å²) >= 11 is 0. The van der Waals surface area contributed by atoms with Crippen molar-refractivity contribution in [3.8, 4) is 0 Å². The zero-order chi connectivity index (χ0) is 14.9. The van der Waals surface area contributed by atoms with Crippen molar-refractivity contribution < 1.29 is 8.42 Å². The Morgan fingerprint density at radius 1 is 1.30 bits per heavy atom. The maximum absolute atomic E-state index is 12.4. The summed E-state index contributed by atoms with van der Waals surface area (Å²) in [4.78, 5) is 0.243. The van der Waals surface area contributed by atoms with Gasteiger partial charge in [0.1, 0.15) is 0 Å². The minimum absolute atomic E-state index is 0.243. The molecule has 0 amide bonds. The summed E-state index contributed by atoms with van der Waals surface area (Å²) < 4.78 is 28.9. The Hall–Kier alpha value is -1.86. The molecular weight excluding hydrogens is 276 g/mol. The van der Waals surface area contributed by atoms with Crippen molar-refractivity contribution >= 4 is 15.7 Å². The molecule has 2 rings (SSSR count). The van der Waals surface area contributed by atoms with Crippen LogP contribution in [0, 0.1) is 13.8 Å². The van der Waals surface area contributed by atoms with Crippen LogP contribution in [0.3, 0.4) is 0 Å². The fourth-order valence-corrected chi connectivity index (χ4v) is 3.37. The smallest absolute Gasteiger partial charge is 0.262 e. The van der Waals surface area contributed by atoms with E-state index in [0.29, 0.717) is 17.8 Å². The molecular formula is C13H18N4O2S. The van der Waals surface area contributed by atoms with Gasteiger partial charge in [-0.3, -0.25) is 9.40 Å². The van der Waals surface area contributed by atoms with Gasteiger partial charge in [0.05, 0.1) is 16.8 Å². The first-order chi connectivity index (χ1) is 9.33. The first-order valence-electron chi connectivity index (χ1n) is 6.15. The highest BCUT2D eigenvalue weighted by molar-refractivity contribution is 7.92. The fraction of sp³-hybridized carbons (Fsp3) is 0.308. The Balaban J connectivity index is 2.43. The summed E-state index contributed by atoms with van der Waals surface area (Å²) in [7, 11) is -1.92. The molecule has 0 bridgehead atoms. The van der Waals surface area contributed by atoms with Gasteiger partial charge in [0.15, 0.2) is 0 Å². The van der Waals surface area contributed by atoms with Gasteiger partial charge in [-0.2, -0.15) is 5.10 Å². The number of nitrogens with two attached hydrogens (primary N) is 1. The van der Waals surface area contributed by atoms with Gasteiger partial charge in [-0.25, -0.2) is 8.42 Å². The van der Waals surface area contributed by atoms with Gasteiger partial charge in [-0.1, -0.05) is 6.07 Å². The summed E-state index contributed by atoms with van der Waals surface area (Å²) in [6.07, 6.45) is 3.07. The maximum atomic E-state index is 12.4. The lowest BCUT2D eigenvalue weighted by Crippen LogP contribution is -2.15. The van der Waals surface area contributed by atoms with Crippen LogP contribution >= 0.6 is 0 Å². The fourth-order valence-electron chi connectivity index (χ4n) is 2.07. The second-order valence-electron chi connectivity index (χ2n) is 4.76. The van der Waals surface area contributed by atoms with Crippen LogP contribution in [0.25, 0.3) is 0 Å². The van der Waals surface area contributed by atoms with Crippen LogP contribution in [0.1, 0.15) is 16.7 Å². The molecule has 0 radical (unpaired) electrons. The Morgan fingerprint density at radius 3 is 2.55 bits per heavy atom. The quantitative estimate of drug-likeness (QED) is 0.889. The molecule has 0 aliphatic rings. The number of nitrogens with one attached hydrogen (secondary N) is 1. The lowest BCUT2D eigenvalue weighted by atomic mass is 10.1. The molecule has 6 nitrogen and oxygen atoms in total. The van der Waals surface area contributed by atoms with Gasteiger partial charge < -0.3 is 5.73 Å². The molecule has 0 unspecified atom stereocenters. The first kappa shape index (κ1) is 14.5. The molecule has 7 heteroatoms. The van der Waals surface area contributed by atoms with Gasteiger partial charge in [-0.05, 0) is 36.6 Å². The standard InChI is InChI=1S/C13H18N4O2S/c1-9-4-10(2)13(5-11(9)6-14)20(18,19)16-12-7-15-17(3)8-12/h4-5,7-8,16H,6,14H2,1-3H3. The van der Waals surface area contributed by atoms with E-state index in [0.717, 1.165) is 11.1 Å². The van der Waals surface area contributed by atoms with Crippen LogP contribution in [0.4, 0.5) is 5.69 Å². The van der Waals surface area contributed by atoms with E-state index in [2.05, 4.69) is 9.82 Å². The average Bonchev–Trinajstić information content (AvgIpc) is 2.73. The van der Waals surface area contributed by atoms with Crippen molar-refractivity contribution in [3.05, 3.63) is 41.2 Å². The van der Waals surface area contributed by atoms with E-state index in [1.807, 2.05) is 13.0 Å². The zero-order valence-corrected chi connectivity index (χ0v) is 12.5. The first-order valence-corrected chi connectivity index (χ1v) is 7.63. The molecule has 0 atom stereocenters. The van der Waals surface area contributed by atoms with Gasteiger partial charge in [-0.15, -0.1) is 0 Å². The largest absolute Gasteiger partial charge is 0.326 e. The molecule has 0 spiro atoms. The van der Waals surface area contributed by atoms with Crippen molar-refractivity contribution in [2.45, 2.75) is 25.3 Å². The number of sulfonamides is 1. The van der Waals surface area contributed by atoms with E-state index >= 15 is 0 Å². The average molecular weight is 294 g/mol. The lowest BCUT2D eigenvalue weighted by molar-refractivity contribution is 0.600. The number of rotatable bonds is 4. The highest BCUT2D eigenvalue weighted by Crippen LogP contribution is 2.22. The number of benzene rings is 1. The number of aryl methyl sites for hydroxylation is 3. The molecule has 20 heavy (non-hydrogen) atoms. The third-order valence-corrected chi connectivity index (χ3v) is 4.62. The van der Waals surface area contributed by atoms with Gasteiger partial charge in [0.25, 0.3) is 10.0 Å². The Kier molecular flexibility index (Phi) is 3.82. The van der Waals surface area contributed by atoms with E-state index in [4.69, 9.17) is 5.73 Å². The van der Waals surface area contributed by atoms with Gasteiger partial charge >= 0.3 is 0 Å². The van der Waals surface area contributed by atoms with Crippen LogP contribution in [0.5, 0.6) is 0 Å². The molecule has 0 aliphatic heterocycles. The van der Waals surface area contributed by atoms with Crippen molar-refractivity contribution in [3.63, 3.8) is 0 Å². The lowest BCUT2D eigenvalue weighted by Gasteiger charge is -2.12. The molecule has 1 heterocycles. The topological polar surface area (TPSA) is 90.0 Å². The number of hydrogen-bond donors (Lipinski definition) is 2. The van der Waals surface area contributed by atoms with Crippen molar-refractivity contribution in [1.29, 1.82) is 0 Å². The van der Waals surface area contributed by atoms with Crippen molar-refractivity contribution in [2.24, 2.45) is 12.8 Å². The summed E-state index contributed by atoms with van der Waals surface area (Å²) in [5, 5.41) is 3.93. The Labute approximate surface area is 118 Å². The normalized spacial score (nSPS) is 11.6. The third-order valence-electron chi connectivity index (χ3n) is 3.10. The molecule has 3 N–H and O–H groups in total. The van der Waals surface area contributed by atoms with Gasteiger partial charge in [0.2, 0.25) is 0 Å². The number of hydrogen-bond acceptors (Lipinski definition) is 4. The highest BCUT2D eigenvalue weighted by atomic mass is 32.2. The third kappa shape index (κ3) is 2.83. The predicted molar refractivity (Wildman–Crippen MR) is 77.8 cm³/mol. The summed E-state index contributed by atoms with van der Waals surface area (Å²) in [6.45, 7) is 3.99. The summed E-state index contributed by atoms with van der Waals surface area (Å²) in [5.74, 6) is 0. The minimum atomic E-state index is -3.64. The number of anilines is 1. The number of aromatic nitrogens is 2. The molecule has 1 aromatic carbocycles. The highest BCUT2D eigenvalue weighted by Gasteiger charge is 2.19. The van der Waals surface area contributed by atoms with E-state index in [1.165, 1.54) is 10.9 Å². The monoisotopic (exact) mass is 294 g/mol. The second-order valence-corrected chi connectivity index (χ2v) is 6.41. The molecule has 0 saturated carbocycles. The van der Waals surface area contributed by atoms with Crippen molar-refractivity contribution in [1.82, 2.24) is 9.78 Å². The van der Waals surface area contributed by atoms with Crippen LogP contribution in [-0.2, 0) is 23.6 Å².